The van der Waals surface area contributed by atoms with Gasteiger partial charge in [-0.05, 0) is 40.4 Å². The van der Waals surface area contributed by atoms with Crippen LogP contribution in [0, 0.1) is 0 Å². The van der Waals surface area contributed by atoms with Crippen LogP contribution in [-0.4, -0.2) is 17.0 Å². The SMILES string of the molecule is CCCn1cc(Br)cc1C(=O)NCCc1ccccc1. The second-order valence-corrected chi connectivity index (χ2v) is 5.64. The molecular weight excluding hydrogens is 316 g/mol. The number of carbonyl (C=O) groups is 1. The predicted molar refractivity (Wildman–Crippen MR) is 84.9 cm³/mol. The molecule has 0 spiro atoms. The van der Waals surface area contributed by atoms with Gasteiger partial charge in [0.1, 0.15) is 5.69 Å². The van der Waals surface area contributed by atoms with E-state index in [0.717, 1.165) is 23.9 Å². The summed E-state index contributed by atoms with van der Waals surface area (Å²) in [6, 6.07) is 12.0. The highest BCUT2D eigenvalue weighted by Crippen LogP contribution is 2.15. The van der Waals surface area contributed by atoms with Crippen molar-refractivity contribution >= 4 is 21.8 Å². The van der Waals surface area contributed by atoms with E-state index >= 15 is 0 Å². The second-order valence-electron chi connectivity index (χ2n) is 4.73. The van der Waals surface area contributed by atoms with E-state index in [1.165, 1.54) is 5.56 Å². The van der Waals surface area contributed by atoms with Gasteiger partial charge in [0.25, 0.3) is 5.91 Å². The summed E-state index contributed by atoms with van der Waals surface area (Å²) in [7, 11) is 0. The van der Waals surface area contributed by atoms with E-state index in [1.54, 1.807) is 0 Å². The molecule has 3 nitrogen and oxygen atoms in total. The number of carbonyl (C=O) groups excluding carboxylic acids is 1. The molecule has 0 saturated carbocycles. The van der Waals surface area contributed by atoms with Crippen molar-refractivity contribution in [1.82, 2.24) is 9.88 Å². The van der Waals surface area contributed by atoms with Crippen LogP contribution in [-0.2, 0) is 13.0 Å². The summed E-state index contributed by atoms with van der Waals surface area (Å²) in [6.07, 6.45) is 3.81. The lowest BCUT2D eigenvalue weighted by atomic mass is 10.1. The maximum Gasteiger partial charge on any atom is 0.267 e. The van der Waals surface area contributed by atoms with Crippen LogP contribution in [0.3, 0.4) is 0 Å². The maximum absolute atomic E-state index is 12.2. The fourth-order valence-corrected chi connectivity index (χ4v) is 2.61. The molecule has 0 aliphatic carbocycles. The van der Waals surface area contributed by atoms with E-state index in [0.29, 0.717) is 12.2 Å². The number of hydrogen-bond acceptors (Lipinski definition) is 1. The van der Waals surface area contributed by atoms with Crippen molar-refractivity contribution in [3.63, 3.8) is 0 Å². The molecule has 0 saturated heterocycles. The van der Waals surface area contributed by atoms with Crippen molar-refractivity contribution in [2.75, 3.05) is 6.54 Å². The van der Waals surface area contributed by atoms with E-state index in [9.17, 15) is 4.79 Å². The van der Waals surface area contributed by atoms with Gasteiger partial charge in [-0.25, -0.2) is 0 Å². The number of aromatic nitrogens is 1. The van der Waals surface area contributed by atoms with Gasteiger partial charge < -0.3 is 9.88 Å². The molecule has 1 heterocycles. The van der Waals surface area contributed by atoms with E-state index in [1.807, 2.05) is 35.0 Å². The number of aryl methyl sites for hydroxylation is 1. The Hall–Kier alpha value is -1.55. The molecular formula is C16H19BrN2O. The second kappa shape index (κ2) is 7.29. The van der Waals surface area contributed by atoms with Crippen molar-refractivity contribution < 1.29 is 4.79 Å². The zero-order valence-corrected chi connectivity index (χ0v) is 13.2. The Bertz CT molecular complexity index is 563. The Morgan fingerprint density at radius 2 is 2.05 bits per heavy atom. The Morgan fingerprint density at radius 3 is 2.75 bits per heavy atom. The molecule has 1 aromatic carbocycles. The number of amides is 1. The lowest BCUT2D eigenvalue weighted by Crippen LogP contribution is -2.27. The summed E-state index contributed by atoms with van der Waals surface area (Å²) < 4.78 is 2.93. The fraction of sp³-hybridized carbons (Fsp3) is 0.312. The first-order valence-electron chi connectivity index (χ1n) is 6.88. The van der Waals surface area contributed by atoms with E-state index in [2.05, 4.69) is 40.3 Å². The standard InChI is InChI=1S/C16H19BrN2O/c1-2-10-19-12-14(17)11-15(19)16(20)18-9-8-13-6-4-3-5-7-13/h3-7,11-12H,2,8-10H2,1H3,(H,18,20). The molecule has 2 rings (SSSR count). The molecule has 0 aliphatic heterocycles. The van der Waals surface area contributed by atoms with Gasteiger partial charge in [0.2, 0.25) is 0 Å². The Kier molecular flexibility index (Phi) is 5.41. The average Bonchev–Trinajstić information content (AvgIpc) is 2.81. The van der Waals surface area contributed by atoms with Crippen LogP contribution in [0.15, 0.2) is 47.1 Å². The Balaban J connectivity index is 1.91. The third-order valence-electron chi connectivity index (χ3n) is 3.10. The predicted octanol–water partition coefficient (Wildman–Crippen LogP) is 3.63. The van der Waals surface area contributed by atoms with Crippen LogP contribution < -0.4 is 5.32 Å². The maximum atomic E-state index is 12.2. The van der Waals surface area contributed by atoms with Gasteiger partial charge in [-0.15, -0.1) is 0 Å². The highest BCUT2D eigenvalue weighted by Gasteiger charge is 2.11. The Morgan fingerprint density at radius 1 is 1.30 bits per heavy atom. The van der Waals surface area contributed by atoms with Crippen LogP contribution in [0.4, 0.5) is 0 Å². The van der Waals surface area contributed by atoms with Gasteiger partial charge >= 0.3 is 0 Å². The summed E-state index contributed by atoms with van der Waals surface area (Å²) in [5.41, 5.74) is 1.95. The van der Waals surface area contributed by atoms with Crippen molar-refractivity contribution in [2.24, 2.45) is 0 Å². The van der Waals surface area contributed by atoms with Crippen molar-refractivity contribution in [3.8, 4) is 0 Å². The highest BCUT2D eigenvalue weighted by atomic mass is 79.9. The minimum Gasteiger partial charge on any atom is -0.350 e. The van der Waals surface area contributed by atoms with Crippen LogP contribution in [0.2, 0.25) is 0 Å². The molecule has 1 N–H and O–H groups in total. The molecule has 106 valence electrons. The molecule has 2 aromatic rings. The largest absolute Gasteiger partial charge is 0.350 e. The molecule has 20 heavy (non-hydrogen) atoms. The number of rotatable bonds is 6. The molecule has 1 amide bonds. The van der Waals surface area contributed by atoms with Crippen molar-refractivity contribution in [3.05, 3.63) is 58.3 Å². The molecule has 0 atom stereocenters. The van der Waals surface area contributed by atoms with Gasteiger partial charge in [0.15, 0.2) is 0 Å². The summed E-state index contributed by atoms with van der Waals surface area (Å²) >= 11 is 3.43. The van der Waals surface area contributed by atoms with Gasteiger partial charge in [0, 0.05) is 23.8 Å². The zero-order valence-electron chi connectivity index (χ0n) is 11.6. The monoisotopic (exact) mass is 334 g/mol. The van der Waals surface area contributed by atoms with Gasteiger partial charge in [-0.1, -0.05) is 37.3 Å². The summed E-state index contributed by atoms with van der Waals surface area (Å²) in [5, 5.41) is 2.98. The molecule has 0 radical (unpaired) electrons. The first kappa shape index (κ1) is 14.9. The zero-order chi connectivity index (χ0) is 14.4. The smallest absolute Gasteiger partial charge is 0.267 e. The number of benzene rings is 1. The molecule has 0 aliphatic rings. The summed E-state index contributed by atoms with van der Waals surface area (Å²) in [4.78, 5) is 12.2. The van der Waals surface area contributed by atoms with E-state index in [-0.39, 0.29) is 5.91 Å². The lowest BCUT2D eigenvalue weighted by Gasteiger charge is -2.08. The van der Waals surface area contributed by atoms with E-state index in [4.69, 9.17) is 0 Å². The van der Waals surface area contributed by atoms with Crippen LogP contribution in [0.5, 0.6) is 0 Å². The lowest BCUT2D eigenvalue weighted by molar-refractivity contribution is 0.0944. The molecule has 0 bridgehead atoms. The topological polar surface area (TPSA) is 34.0 Å². The highest BCUT2D eigenvalue weighted by molar-refractivity contribution is 9.10. The van der Waals surface area contributed by atoms with Gasteiger partial charge in [-0.3, -0.25) is 4.79 Å². The van der Waals surface area contributed by atoms with Gasteiger partial charge in [-0.2, -0.15) is 0 Å². The summed E-state index contributed by atoms with van der Waals surface area (Å²) in [6.45, 7) is 3.61. The fourth-order valence-electron chi connectivity index (χ4n) is 2.15. The first-order chi connectivity index (χ1) is 9.70. The van der Waals surface area contributed by atoms with Crippen LogP contribution >= 0.6 is 15.9 Å². The van der Waals surface area contributed by atoms with Gasteiger partial charge in [0.05, 0.1) is 0 Å². The molecule has 0 fully saturated rings. The summed E-state index contributed by atoms with van der Waals surface area (Å²) in [5.74, 6) is -0.0138. The number of hydrogen-bond donors (Lipinski definition) is 1. The quantitative estimate of drug-likeness (QED) is 0.859. The van der Waals surface area contributed by atoms with Crippen molar-refractivity contribution in [1.29, 1.82) is 0 Å². The third kappa shape index (κ3) is 3.97. The minimum absolute atomic E-state index is 0.0138. The number of nitrogens with zero attached hydrogens (tertiary/aromatic N) is 1. The Labute approximate surface area is 128 Å². The first-order valence-corrected chi connectivity index (χ1v) is 7.68. The van der Waals surface area contributed by atoms with Crippen LogP contribution in [0.1, 0.15) is 29.4 Å². The number of nitrogens with one attached hydrogen (secondary N) is 1. The number of halogens is 1. The average molecular weight is 335 g/mol. The molecule has 0 unspecified atom stereocenters. The normalized spacial score (nSPS) is 10.5. The van der Waals surface area contributed by atoms with E-state index < -0.39 is 0 Å². The third-order valence-corrected chi connectivity index (χ3v) is 3.54. The molecule has 1 aromatic heterocycles. The molecule has 4 heteroatoms. The minimum atomic E-state index is -0.0138. The van der Waals surface area contributed by atoms with Crippen molar-refractivity contribution in [2.45, 2.75) is 26.3 Å². The van der Waals surface area contributed by atoms with Crippen LogP contribution in [0.25, 0.3) is 0 Å².